The smallest absolute Gasteiger partial charge is 0.243 e. The van der Waals surface area contributed by atoms with Gasteiger partial charge in [-0.05, 0) is 37.8 Å². The molecule has 0 heterocycles. The van der Waals surface area contributed by atoms with Gasteiger partial charge in [-0.3, -0.25) is 14.4 Å². The fraction of sp³-hybridized carbons (Fsp3) is 0.609. The van der Waals surface area contributed by atoms with Crippen molar-refractivity contribution in [2.24, 2.45) is 11.8 Å². The zero-order chi connectivity index (χ0) is 21.8. The molecule has 6 nitrogen and oxygen atoms in total. The number of amides is 3. The molecular formula is C23H37N3O3. The number of nitrogens with zero attached hydrogens (tertiary/aromatic N) is 1. The third kappa shape index (κ3) is 9.59. The number of hydrogen-bond acceptors (Lipinski definition) is 3. The minimum absolute atomic E-state index is 0.0164. The molecule has 0 aliphatic heterocycles. The van der Waals surface area contributed by atoms with E-state index < -0.39 is 0 Å². The zero-order valence-corrected chi connectivity index (χ0v) is 18.6. The Morgan fingerprint density at radius 3 is 2.24 bits per heavy atom. The van der Waals surface area contributed by atoms with Crippen molar-refractivity contribution in [2.45, 2.75) is 60.3 Å². The van der Waals surface area contributed by atoms with Crippen LogP contribution in [-0.4, -0.2) is 42.3 Å². The van der Waals surface area contributed by atoms with Crippen LogP contribution in [0.2, 0.25) is 0 Å². The van der Waals surface area contributed by atoms with Gasteiger partial charge in [0.15, 0.2) is 0 Å². The molecule has 0 aliphatic carbocycles. The Morgan fingerprint density at radius 1 is 1.03 bits per heavy atom. The summed E-state index contributed by atoms with van der Waals surface area (Å²) in [6, 6.07) is 7.46. The maximum atomic E-state index is 12.9. The topological polar surface area (TPSA) is 78.5 Å². The molecule has 0 bridgehead atoms. The van der Waals surface area contributed by atoms with Crippen LogP contribution in [0, 0.1) is 18.8 Å². The first kappa shape index (κ1) is 24.7. The fourth-order valence-electron chi connectivity index (χ4n) is 3.13. The first-order valence-corrected chi connectivity index (χ1v) is 10.7. The van der Waals surface area contributed by atoms with Gasteiger partial charge < -0.3 is 15.5 Å². The van der Waals surface area contributed by atoms with Crippen molar-refractivity contribution < 1.29 is 14.4 Å². The number of carbonyl (C=O) groups excluding carboxylic acids is 3. The highest BCUT2D eigenvalue weighted by molar-refractivity contribution is 5.95. The number of unbranched alkanes of at least 4 members (excludes halogenated alkanes) is 1. The fourth-order valence-corrected chi connectivity index (χ4v) is 3.13. The van der Waals surface area contributed by atoms with Crippen molar-refractivity contribution in [3.8, 4) is 0 Å². The van der Waals surface area contributed by atoms with Gasteiger partial charge in [-0.25, -0.2) is 0 Å². The first-order chi connectivity index (χ1) is 13.8. The van der Waals surface area contributed by atoms with E-state index in [4.69, 9.17) is 0 Å². The number of nitrogens with one attached hydrogen (secondary N) is 2. The van der Waals surface area contributed by atoms with E-state index in [2.05, 4.69) is 17.6 Å². The summed E-state index contributed by atoms with van der Waals surface area (Å²) >= 11 is 0. The molecule has 6 heteroatoms. The van der Waals surface area contributed by atoms with E-state index in [1.807, 2.05) is 52.0 Å². The summed E-state index contributed by atoms with van der Waals surface area (Å²) in [7, 11) is 0. The van der Waals surface area contributed by atoms with Gasteiger partial charge in [-0.2, -0.15) is 0 Å². The number of aryl methyl sites for hydroxylation is 1. The second kappa shape index (κ2) is 13.0. The average molecular weight is 404 g/mol. The lowest BCUT2D eigenvalue weighted by Gasteiger charge is -2.28. The van der Waals surface area contributed by atoms with Crippen LogP contribution in [0.5, 0.6) is 0 Å². The molecule has 1 aromatic carbocycles. The van der Waals surface area contributed by atoms with E-state index in [0.29, 0.717) is 12.2 Å². The van der Waals surface area contributed by atoms with Crippen LogP contribution in [-0.2, 0) is 14.4 Å². The molecule has 0 unspecified atom stereocenters. The van der Waals surface area contributed by atoms with Gasteiger partial charge in [0.2, 0.25) is 17.7 Å². The zero-order valence-electron chi connectivity index (χ0n) is 18.6. The van der Waals surface area contributed by atoms with Crippen molar-refractivity contribution >= 4 is 23.4 Å². The van der Waals surface area contributed by atoms with E-state index in [1.165, 1.54) is 0 Å². The van der Waals surface area contributed by atoms with Crippen molar-refractivity contribution in [1.29, 1.82) is 0 Å². The average Bonchev–Trinajstić information content (AvgIpc) is 2.67. The summed E-state index contributed by atoms with van der Waals surface area (Å²) in [5.74, 6) is -0.359. The van der Waals surface area contributed by atoms with E-state index in [0.717, 1.165) is 31.2 Å². The summed E-state index contributed by atoms with van der Waals surface area (Å²) in [5.41, 5.74) is 1.80. The minimum Gasteiger partial charge on any atom is -0.345 e. The van der Waals surface area contributed by atoms with Gasteiger partial charge in [-0.15, -0.1) is 0 Å². The highest BCUT2D eigenvalue weighted by atomic mass is 16.2. The molecule has 0 saturated carbocycles. The number of hydrogen-bond donors (Lipinski definition) is 2. The highest BCUT2D eigenvalue weighted by Gasteiger charge is 2.25. The molecular weight excluding hydrogens is 366 g/mol. The van der Waals surface area contributed by atoms with Crippen LogP contribution < -0.4 is 10.6 Å². The summed E-state index contributed by atoms with van der Waals surface area (Å²) in [5, 5.41) is 5.38. The summed E-state index contributed by atoms with van der Waals surface area (Å²) in [4.78, 5) is 39.0. The van der Waals surface area contributed by atoms with Crippen molar-refractivity contribution in [1.82, 2.24) is 10.2 Å². The molecule has 162 valence electrons. The molecule has 0 saturated heterocycles. The molecule has 0 aromatic heterocycles. The van der Waals surface area contributed by atoms with E-state index in [1.54, 1.807) is 4.90 Å². The van der Waals surface area contributed by atoms with Gasteiger partial charge >= 0.3 is 0 Å². The Hall–Kier alpha value is -2.37. The molecule has 2 N–H and O–H groups in total. The Morgan fingerprint density at radius 2 is 1.69 bits per heavy atom. The summed E-state index contributed by atoms with van der Waals surface area (Å²) in [6.45, 7) is 10.5. The molecule has 0 spiro atoms. The van der Waals surface area contributed by atoms with Crippen LogP contribution in [0.4, 0.5) is 5.69 Å². The first-order valence-electron chi connectivity index (χ1n) is 10.7. The van der Waals surface area contributed by atoms with Gasteiger partial charge in [0, 0.05) is 18.2 Å². The normalized spacial score (nSPS) is 11.8. The highest BCUT2D eigenvalue weighted by Crippen LogP contribution is 2.17. The second-order valence-electron chi connectivity index (χ2n) is 8.05. The Kier molecular flexibility index (Phi) is 11.0. The maximum absolute atomic E-state index is 12.9. The SMILES string of the molecule is CCCC[C@@H](CC)C(=O)N(CC(=O)NCC(=O)Nc1ccc(C)cc1)CC(C)C. The third-order valence-electron chi connectivity index (χ3n) is 4.76. The lowest BCUT2D eigenvalue weighted by Crippen LogP contribution is -2.46. The molecule has 0 fully saturated rings. The number of carbonyl (C=O) groups is 3. The molecule has 0 radical (unpaired) electrons. The number of rotatable bonds is 12. The van der Waals surface area contributed by atoms with Crippen molar-refractivity contribution in [3.05, 3.63) is 29.8 Å². The molecule has 1 aromatic rings. The van der Waals surface area contributed by atoms with Crippen LogP contribution >= 0.6 is 0 Å². The van der Waals surface area contributed by atoms with E-state index in [-0.39, 0.29) is 42.6 Å². The molecule has 1 rings (SSSR count). The Bertz CT molecular complexity index is 656. The standard InChI is InChI=1S/C23H37N3O3/c1-6-8-9-19(7-2)23(29)26(15-17(3)4)16-22(28)24-14-21(27)25-20-12-10-18(5)11-13-20/h10-13,17,19H,6-9,14-16H2,1-5H3,(H,24,28)(H,25,27)/t19-/m1/s1. The number of benzene rings is 1. The quantitative estimate of drug-likeness (QED) is 0.558. The van der Waals surface area contributed by atoms with Gasteiger partial charge in [0.1, 0.15) is 0 Å². The molecule has 1 atom stereocenters. The maximum Gasteiger partial charge on any atom is 0.243 e. The van der Waals surface area contributed by atoms with Gasteiger partial charge in [0.05, 0.1) is 13.1 Å². The lowest BCUT2D eigenvalue weighted by atomic mass is 9.97. The van der Waals surface area contributed by atoms with Gasteiger partial charge in [-0.1, -0.05) is 58.2 Å². The molecule has 29 heavy (non-hydrogen) atoms. The van der Waals surface area contributed by atoms with Gasteiger partial charge in [0.25, 0.3) is 0 Å². The summed E-state index contributed by atoms with van der Waals surface area (Å²) < 4.78 is 0. The summed E-state index contributed by atoms with van der Waals surface area (Å²) in [6.07, 6.45) is 3.67. The lowest BCUT2D eigenvalue weighted by molar-refractivity contribution is -0.140. The second-order valence-corrected chi connectivity index (χ2v) is 8.05. The monoisotopic (exact) mass is 403 g/mol. The van der Waals surface area contributed by atoms with Crippen LogP contribution in [0.25, 0.3) is 0 Å². The van der Waals surface area contributed by atoms with Crippen molar-refractivity contribution in [2.75, 3.05) is 25.0 Å². The number of anilines is 1. The Labute approximate surface area is 175 Å². The largest absolute Gasteiger partial charge is 0.345 e. The predicted octanol–water partition coefficient (Wildman–Crippen LogP) is 3.75. The third-order valence-corrected chi connectivity index (χ3v) is 4.76. The van der Waals surface area contributed by atoms with Crippen LogP contribution in [0.15, 0.2) is 24.3 Å². The molecule has 0 aliphatic rings. The Balaban J connectivity index is 2.59. The van der Waals surface area contributed by atoms with Crippen LogP contribution in [0.3, 0.4) is 0 Å². The van der Waals surface area contributed by atoms with E-state index >= 15 is 0 Å². The predicted molar refractivity (Wildman–Crippen MR) is 118 cm³/mol. The van der Waals surface area contributed by atoms with Crippen molar-refractivity contribution in [3.63, 3.8) is 0 Å². The van der Waals surface area contributed by atoms with Crippen LogP contribution in [0.1, 0.15) is 58.9 Å². The van der Waals surface area contributed by atoms with E-state index in [9.17, 15) is 14.4 Å². The molecule has 3 amide bonds. The minimum atomic E-state index is -0.316.